The molecule has 0 spiro atoms. The van der Waals surface area contributed by atoms with Gasteiger partial charge in [0.25, 0.3) is 0 Å². The number of carbonyl (C=O) groups excluding carboxylic acids is 2. The molecule has 1 N–H and O–H groups in total. The van der Waals surface area contributed by atoms with Gasteiger partial charge in [-0.1, -0.05) is 12.1 Å². The topological polar surface area (TPSA) is 89.5 Å². The minimum absolute atomic E-state index is 0.0119. The van der Waals surface area contributed by atoms with Gasteiger partial charge in [0.1, 0.15) is 0 Å². The molecule has 162 valence electrons. The molecule has 0 bridgehead atoms. The molecule has 0 aromatic heterocycles. The van der Waals surface area contributed by atoms with Crippen molar-refractivity contribution < 1.29 is 35.9 Å². The number of alkyl halides is 3. The van der Waals surface area contributed by atoms with Gasteiger partial charge in [0.2, 0.25) is 9.84 Å². The van der Waals surface area contributed by atoms with Gasteiger partial charge < -0.3 is 10.1 Å². The van der Waals surface area contributed by atoms with Crippen LogP contribution in [0.25, 0.3) is 0 Å². The molecule has 10 heteroatoms. The van der Waals surface area contributed by atoms with Crippen molar-refractivity contribution in [1.82, 2.24) is 5.32 Å². The Morgan fingerprint density at radius 3 is 1.97 bits per heavy atom. The third-order valence-corrected chi connectivity index (χ3v) is 5.87. The Morgan fingerprint density at radius 2 is 1.50 bits per heavy atom. The van der Waals surface area contributed by atoms with Crippen LogP contribution in [0.15, 0.2) is 58.3 Å². The van der Waals surface area contributed by atoms with Crippen LogP contribution in [-0.2, 0) is 25.8 Å². The fourth-order valence-corrected chi connectivity index (χ4v) is 3.90. The molecule has 2 aromatic rings. The average Bonchev–Trinajstić information content (AvgIpc) is 2.68. The fourth-order valence-electron chi connectivity index (χ4n) is 2.64. The van der Waals surface area contributed by atoms with E-state index in [1.54, 1.807) is 6.92 Å². The molecular formula is C20H20F3NO5S. The number of benzene rings is 2. The number of hydrogen-bond acceptors (Lipinski definition) is 5. The maximum absolute atomic E-state index is 12.7. The molecule has 2 aromatic carbocycles. The number of hydrogen-bond donors (Lipinski definition) is 1. The molecule has 30 heavy (non-hydrogen) atoms. The van der Waals surface area contributed by atoms with Crippen LogP contribution in [0.5, 0.6) is 0 Å². The van der Waals surface area contributed by atoms with Crippen molar-refractivity contribution in [2.24, 2.45) is 0 Å². The molecule has 0 fully saturated rings. The number of nitrogens with one attached hydrogen (secondary N) is 1. The molecule has 0 unspecified atom stereocenters. The summed E-state index contributed by atoms with van der Waals surface area (Å²) < 4.78 is 67.2. The van der Waals surface area contributed by atoms with Gasteiger partial charge in [-0.15, -0.1) is 0 Å². The number of amides is 1. The highest BCUT2D eigenvalue weighted by Crippen LogP contribution is 2.22. The molecular weight excluding hydrogens is 423 g/mol. The number of halogens is 3. The number of sulfone groups is 1. The van der Waals surface area contributed by atoms with Gasteiger partial charge >= 0.3 is 18.1 Å². The number of carbonyl (C=O) groups is 2. The summed E-state index contributed by atoms with van der Waals surface area (Å²) in [6.07, 6.45) is -4.87. The quantitative estimate of drug-likeness (QED) is 0.664. The second kappa shape index (κ2) is 9.29. The molecule has 1 atom stereocenters. The van der Waals surface area contributed by atoms with Crippen LogP contribution in [0.4, 0.5) is 13.2 Å². The Hall–Kier alpha value is -2.88. The van der Waals surface area contributed by atoms with Crippen molar-refractivity contribution in [3.63, 3.8) is 0 Å². The first kappa shape index (κ1) is 23.4. The van der Waals surface area contributed by atoms with Crippen molar-refractivity contribution in [3.05, 3.63) is 59.7 Å². The van der Waals surface area contributed by atoms with Gasteiger partial charge in [-0.25, -0.2) is 13.2 Å². The molecule has 2 rings (SSSR count). The third kappa shape index (κ3) is 5.82. The van der Waals surface area contributed by atoms with Crippen LogP contribution in [0.3, 0.4) is 0 Å². The number of esters is 1. The molecule has 0 heterocycles. The Morgan fingerprint density at radius 1 is 1.00 bits per heavy atom. The molecule has 1 amide bonds. The summed E-state index contributed by atoms with van der Waals surface area (Å²) in [6, 6.07) is 10.1. The van der Waals surface area contributed by atoms with E-state index in [2.05, 4.69) is 0 Å². The predicted octanol–water partition coefficient (Wildman–Crippen LogP) is 3.31. The third-order valence-electron chi connectivity index (χ3n) is 4.09. The van der Waals surface area contributed by atoms with Gasteiger partial charge in [-0.3, -0.25) is 4.79 Å². The zero-order valence-electron chi connectivity index (χ0n) is 16.2. The molecule has 0 aliphatic rings. The minimum Gasteiger partial charge on any atom is -0.462 e. The van der Waals surface area contributed by atoms with E-state index >= 15 is 0 Å². The van der Waals surface area contributed by atoms with Crippen LogP contribution in [0, 0.1) is 0 Å². The second-order valence-corrected chi connectivity index (χ2v) is 8.42. The Labute approximate surface area is 172 Å². The molecule has 0 aliphatic carbocycles. The van der Waals surface area contributed by atoms with E-state index in [0.717, 1.165) is 0 Å². The molecule has 0 aliphatic heterocycles. The van der Waals surface area contributed by atoms with Crippen molar-refractivity contribution in [2.45, 2.75) is 42.3 Å². The van der Waals surface area contributed by atoms with Crippen LogP contribution in [0.1, 0.15) is 29.8 Å². The van der Waals surface area contributed by atoms with E-state index in [-0.39, 0.29) is 28.4 Å². The summed E-state index contributed by atoms with van der Waals surface area (Å²) >= 11 is 0. The van der Waals surface area contributed by atoms with Crippen molar-refractivity contribution in [2.75, 3.05) is 6.61 Å². The standard InChI is InChI=1S/C20H20F3NO5S/c1-3-29-18(25)15-6-10-17(11-7-15)30(27,28)16-8-4-14(5-9-16)12-13(2)24-19(26)20(21,22)23/h4-11,13H,3,12H2,1-2H3,(H,24,26)/t13-/m0/s1. The van der Waals surface area contributed by atoms with Crippen LogP contribution < -0.4 is 5.32 Å². The SMILES string of the molecule is CCOC(=O)c1ccc(S(=O)(=O)c2ccc(C[C@H](C)NC(=O)C(F)(F)F)cc2)cc1. The second-order valence-electron chi connectivity index (χ2n) is 6.47. The monoisotopic (exact) mass is 443 g/mol. The first-order valence-electron chi connectivity index (χ1n) is 8.94. The lowest BCUT2D eigenvalue weighted by Crippen LogP contribution is -2.42. The van der Waals surface area contributed by atoms with Gasteiger partial charge in [0, 0.05) is 6.04 Å². The number of ether oxygens (including phenoxy) is 1. The molecule has 6 nitrogen and oxygen atoms in total. The highest BCUT2D eigenvalue weighted by molar-refractivity contribution is 7.91. The highest BCUT2D eigenvalue weighted by Gasteiger charge is 2.39. The van der Waals surface area contributed by atoms with Gasteiger partial charge in [-0.2, -0.15) is 13.2 Å². The van der Waals surface area contributed by atoms with Gasteiger partial charge in [-0.05, 0) is 62.2 Å². The summed E-state index contributed by atoms with van der Waals surface area (Å²) in [4.78, 5) is 22.6. The van der Waals surface area contributed by atoms with Crippen molar-refractivity contribution in [3.8, 4) is 0 Å². The zero-order chi connectivity index (χ0) is 22.5. The maximum Gasteiger partial charge on any atom is 0.471 e. The van der Waals surface area contributed by atoms with E-state index in [1.807, 2.05) is 5.32 Å². The average molecular weight is 443 g/mol. The summed E-state index contributed by atoms with van der Waals surface area (Å²) in [5, 5.41) is 1.84. The van der Waals surface area contributed by atoms with E-state index in [9.17, 15) is 31.2 Å². The lowest BCUT2D eigenvalue weighted by atomic mass is 10.1. The normalized spacial score (nSPS) is 12.8. The molecule has 0 saturated carbocycles. The van der Waals surface area contributed by atoms with Crippen LogP contribution in [-0.4, -0.2) is 39.1 Å². The minimum atomic E-state index is -4.96. The fraction of sp³-hybridized carbons (Fsp3) is 0.300. The Bertz CT molecular complexity index is 1000. The smallest absolute Gasteiger partial charge is 0.462 e. The lowest BCUT2D eigenvalue weighted by Gasteiger charge is -2.15. The molecule has 0 radical (unpaired) electrons. The van der Waals surface area contributed by atoms with E-state index in [0.29, 0.717) is 5.56 Å². The van der Waals surface area contributed by atoms with E-state index in [4.69, 9.17) is 4.74 Å². The van der Waals surface area contributed by atoms with E-state index < -0.39 is 33.9 Å². The summed E-state index contributed by atoms with van der Waals surface area (Å²) in [5.41, 5.74) is 0.780. The first-order chi connectivity index (χ1) is 13.9. The largest absolute Gasteiger partial charge is 0.471 e. The Kier molecular flexibility index (Phi) is 7.25. The maximum atomic E-state index is 12.7. The van der Waals surface area contributed by atoms with Gasteiger partial charge in [0.15, 0.2) is 0 Å². The highest BCUT2D eigenvalue weighted by atomic mass is 32.2. The summed E-state index contributed by atoms with van der Waals surface area (Å²) in [7, 11) is -3.85. The summed E-state index contributed by atoms with van der Waals surface area (Å²) in [5.74, 6) is -2.59. The summed E-state index contributed by atoms with van der Waals surface area (Å²) in [6.45, 7) is 3.27. The van der Waals surface area contributed by atoms with Gasteiger partial charge in [0.05, 0.1) is 22.0 Å². The van der Waals surface area contributed by atoms with E-state index in [1.165, 1.54) is 55.5 Å². The van der Waals surface area contributed by atoms with Crippen molar-refractivity contribution in [1.29, 1.82) is 0 Å². The van der Waals surface area contributed by atoms with Crippen molar-refractivity contribution >= 4 is 21.7 Å². The zero-order valence-corrected chi connectivity index (χ0v) is 17.0. The van der Waals surface area contributed by atoms with Crippen LogP contribution in [0.2, 0.25) is 0 Å². The Balaban J connectivity index is 2.11. The number of rotatable bonds is 7. The molecule has 0 saturated heterocycles. The first-order valence-corrected chi connectivity index (χ1v) is 10.4. The predicted molar refractivity (Wildman–Crippen MR) is 102 cm³/mol. The lowest BCUT2D eigenvalue weighted by molar-refractivity contribution is -0.174. The van der Waals surface area contributed by atoms with Crippen LogP contribution >= 0.6 is 0 Å².